The Balaban J connectivity index is 1.95. The summed E-state index contributed by atoms with van der Waals surface area (Å²) in [6.45, 7) is 0.724. The second-order valence-electron chi connectivity index (χ2n) is 3.68. The van der Waals surface area contributed by atoms with E-state index in [1.165, 1.54) is 6.07 Å². The maximum atomic E-state index is 10.6. The number of hydrogen-bond donors (Lipinski definition) is 1. The summed E-state index contributed by atoms with van der Waals surface area (Å²) in [6.07, 6.45) is 2.42. The van der Waals surface area contributed by atoms with Crippen LogP contribution in [-0.4, -0.2) is 11.5 Å². The quantitative estimate of drug-likeness (QED) is 0.505. The summed E-state index contributed by atoms with van der Waals surface area (Å²) >= 11 is 2.08. The zero-order chi connectivity index (χ0) is 13.0. The normalized spacial score (nSPS) is 10.3. The van der Waals surface area contributed by atoms with Crippen LogP contribution in [0.3, 0.4) is 0 Å². The van der Waals surface area contributed by atoms with E-state index in [1.807, 2.05) is 12.1 Å². The number of nitrogens with one attached hydrogen (secondary N) is 1. The van der Waals surface area contributed by atoms with Crippen LogP contribution in [0.4, 0.5) is 11.4 Å². The van der Waals surface area contributed by atoms with Gasteiger partial charge in [-0.1, -0.05) is 0 Å². The second-order valence-corrected chi connectivity index (χ2v) is 4.84. The van der Waals surface area contributed by atoms with E-state index < -0.39 is 4.92 Å². The van der Waals surface area contributed by atoms with Gasteiger partial charge in [-0.3, -0.25) is 10.1 Å². The van der Waals surface area contributed by atoms with Crippen molar-refractivity contribution in [3.63, 3.8) is 0 Å². The molecule has 2 rings (SSSR count). The van der Waals surface area contributed by atoms with E-state index in [4.69, 9.17) is 4.42 Å². The van der Waals surface area contributed by atoms with Crippen molar-refractivity contribution in [3.05, 3.63) is 56.0 Å². The van der Waals surface area contributed by atoms with Gasteiger partial charge in [0.2, 0.25) is 0 Å². The van der Waals surface area contributed by atoms with Gasteiger partial charge in [-0.05, 0) is 40.8 Å². The Labute approximate surface area is 117 Å². The summed E-state index contributed by atoms with van der Waals surface area (Å²) in [4.78, 5) is 10.2. The van der Waals surface area contributed by atoms with Crippen LogP contribution < -0.4 is 5.32 Å². The first-order chi connectivity index (χ1) is 8.66. The van der Waals surface area contributed by atoms with E-state index in [2.05, 4.69) is 27.9 Å². The Hall–Kier alpha value is -1.57. The molecular formula is C12H11IN2O3. The number of nitrogens with zero attached hydrogens (tertiary/aromatic N) is 1. The maximum Gasteiger partial charge on any atom is 0.270 e. The third kappa shape index (κ3) is 3.22. The van der Waals surface area contributed by atoms with Gasteiger partial charge in [0.1, 0.15) is 5.76 Å². The summed E-state index contributed by atoms with van der Waals surface area (Å²) in [5, 5.41) is 13.8. The Kier molecular flexibility index (Phi) is 4.19. The average Bonchev–Trinajstić information content (AvgIpc) is 2.84. The third-order valence-corrected chi connectivity index (χ3v) is 3.32. The van der Waals surface area contributed by atoms with Gasteiger partial charge < -0.3 is 9.73 Å². The van der Waals surface area contributed by atoms with E-state index >= 15 is 0 Å². The number of rotatable bonds is 5. The first-order valence-electron chi connectivity index (χ1n) is 5.37. The van der Waals surface area contributed by atoms with Gasteiger partial charge in [0.05, 0.1) is 11.2 Å². The maximum absolute atomic E-state index is 10.6. The van der Waals surface area contributed by atoms with Gasteiger partial charge in [-0.25, -0.2) is 0 Å². The lowest BCUT2D eigenvalue weighted by atomic mass is 10.2. The largest absolute Gasteiger partial charge is 0.469 e. The highest BCUT2D eigenvalue weighted by atomic mass is 127. The van der Waals surface area contributed by atoms with Crippen molar-refractivity contribution in [2.45, 2.75) is 6.42 Å². The minimum atomic E-state index is -0.394. The molecule has 0 aliphatic heterocycles. The average molecular weight is 358 g/mol. The molecule has 0 amide bonds. The Bertz CT molecular complexity index is 540. The number of furan rings is 1. The summed E-state index contributed by atoms with van der Waals surface area (Å²) in [5.41, 5.74) is 1.00. The second kappa shape index (κ2) is 5.85. The molecule has 0 unspecified atom stereocenters. The Morgan fingerprint density at radius 2 is 2.22 bits per heavy atom. The van der Waals surface area contributed by atoms with Gasteiger partial charge >= 0.3 is 0 Å². The zero-order valence-corrected chi connectivity index (χ0v) is 11.6. The number of nitro groups is 1. The van der Waals surface area contributed by atoms with Gasteiger partial charge in [-0.15, -0.1) is 0 Å². The number of halogens is 1. The molecule has 0 aliphatic carbocycles. The van der Waals surface area contributed by atoms with Crippen LogP contribution in [0.5, 0.6) is 0 Å². The smallest absolute Gasteiger partial charge is 0.270 e. The molecule has 0 radical (unpaired) electrons. The molecule has 94 valence electrons. The van der Waals surface area contributed by atoms with Gasteiger partial charge in [-0.2, -0.15) is 0 Å². The zero-order valence-electron chi connectivity index (χ0n) is 9.43. The molecule has 6 heteroatoms. The van der Waals surface area contributed by atoms with E-state index in [9.17, 15) is 10.1 Å². The van der Waals surface area contributed by atoms with Crippen molar-refractivity contribution >= 4 is 34.0 Å². The standard InChI is InChI=1S/C12H11IN2O3/c13-11-8-9(15(16)17)3-4-12(11)14-6-5-10-2-1-7-18-10/h1-4,7-8,14H,5-6H2. The molecule has 0 saturated carbocycles. The topological polar surface area (TPSA) is 68.3 Å². The molecule has 0 aliphatic rings. The van der Waals surface area contributed by atoms with Gasteiger partial charge in [0.15, 0.2) is 0 Å². The van der Waals surface area contributed by atoms with Crippen LogP contribution in [0.25, 0.3) is 0 Å². The van der Waals surface area contributed by atoms with Crippen LogP contribution in [0.2, 0.25) is 0 Å². The molecular weight excluding hydrogens is 347 g/mol. The molecule has 1 aromatic carbocycles. The highest BCUT2D eigenvalue weighted by Crippen LogP contribution is 2.23. The Morgan fingerprint density at radius 3 is 2.83 bits per heavy atom. The molecule has 0 fully saturated rings. The van der Waals surface area contributed by atoms with E-state index in [0.717, 1.165) is 28.0 Å². The summed E-state index contributed by atoms with van der Waals surface area (Å²) in [6, 6.07) is 8.54. The van der Waals surface area contributed by atoms with Gasteiger partial charge in [0, 0.05) is 34.4 Å². The fourth-order valence-corrected chi connectivity index (χ4v) is 2.23. The summed E-state index contributed by atoms with van der Waals surface area (Å²) < 4.78 is 6.06. The minimum Gasteiger partial charge on any atom is -0.469 e. The van der Waals surface area contributed by atoms with Crippen LogP contribution in [0.15, 0.2) is 41.0 Å². The van der Waals surface area contributed by atoms with Gasteiger partial charge in [0.25, 0.3) is 5.69 Å². The lowest BCUT2D eigenvalue weighted by molar-refractivity contribution is -0.384. The van der Waals surface area contributed by atoms with E-state index in [1.54, 1.807) is 18.4 Å². The van der Waals surface area contributed by atoms with E-state index in [0.29, 0.717) is 0 Å². The third-order valence-electron chi connectivity index (χ3n) is 2.43. The van der Waals surface area contributed by atoms with Crippen LogP contribution in [0.1, 0.15) is 5.76 Å². The van der Waals surface area contributed by atoms with Crippen molar-refractivity contribution in [3.8, 4) is 0 Å². The predicted octanol–water partition coefficient (Wildman–Crippen LogP) is 3.45. The summed E-state index contributed by atoms with van der Waals surface area (Å²) in [7, 11) is 0. The molecule has 0 bridgehead atoms. The molecule has 1 aromatic heterocycles. The molecule has 0 saturated heterocycles. The lowest BCUT2D eigenvalue weighted by Crippen LogP contribution is -2.05. The molecule has 0 atom stereocenters. The summed E-state index contributed by atoms with van der Waals surface area (Å²) in [5.74, 6) is 0.916. The van der Waals surface area contributed by atoms with Crippen LogP contribution in [-0.2, 0) is 6.42 Å². The molecule has 1 N–H and O–H groups in total. The van der Waals surface area contributed by atoms with Crippen molar-refractivity contribution < 1.29 is 9.34 Å². The monoisotopic (exact) mass is 358 g/mol. The van der Waals surface area contributed by atoms with Crippen LogP contribution in [0, 0.1) is 13.7 Å². The van der Waals surface area contributed by atoms with Crippen molar-refractivity contribution in [1.29, 1.82) is 0 Å². The minimum absolute atomic E-state index is 0.107. The van der Waals surface area contributed by atoms with Crippen LogP contribution >= 0.6 is 22.6 Å². The fraction of sp³-hybridized carbons (Fsp3) is 0.167. The number of anilines is 1. The van der Waals surface area contributed by atoms with Crippen molar-refractivity contribution in [2.75, 3.05) is 11.9 Å². The molecule has 1 heterocycles. The number of hydrogen-bond acceptors (Lipinski definition) is 4. The SMILES string of the molecule is O=[N+]([O-])c1ccc(NCCc2ccco2)c(I)c1. The number of nitro benzene ring substituents is 1. The molecule has 18 heavy (non-hydrogen) atoms. The molecule has 0 spiro atoms. The van der Waals surface area contributed by atoms with Crippen molar-refractivity contribution in [1.82, 2.24) is 0 Å². The molecule has 2 aromatic rings. The predicted molar refractivity (Wildman–Crippen MR) is 76.7 cm³/mol. The Morgan fingerprint density at radius 1 is 1.39 bits per heavy atom. The highest BCUT2D eigenvalue weighted by molar-refractivity contribution is 14.1. The van der Waals surface area contributed by atoms with Crippen molar-refractivity contribution in [2.24, 2.45) is 0 Å². The van der Waals surface area contributed by atoms with E-state index in [-0.39, 0.29) is 5.69 Å². The fourth-order valence-electron chi connectivity index (χ4n) is 1.54. The first kappa shape index (κ1) is 12.9. The first-order valence-corrected chi connectivity index (χ1v) is 6.45. The number of benzene rings is 1. The molecule has 5 nitrogen and oxygen atoms in total. The lowest BCUT2D eigenvalue weighted by Gasteiger charge is -2.07. The number of non-ortho nitro benzene ring substituents is 1. The highest BCUT2D eigenvalue weighted by Gasteiger charge is 2.08.